The molecule has 0 fully saturated rings. The average Bonchev–Trinajstić information content (AvgIpc) is 2.81. The molecule has 0 spiro atoms. The van der Waals surface area contributed by atoms with Gasteiger partial charge in [-0.15, -0.1) is 0 Å². The maximum atomic E-state index is 13.5. The van der Waals surface area contributed by atoms with Gasteiger partial charge in [0.05, 0.1) is 23.0 Å². The normalized spacial score (nSPS) is 18.9. The summed E-state index contributed by atoms with van der Waals surface area (Å²) in [5, 5.41) is 0. The summed E-state index contributed by atoms with van der Waals surface area (Å²) in [6.45, 7) is 4.18. The minimum atomic E-state index is -3.65. The van der Waals surface area contributed by atoms with Gasteiger partial charge in [0.15, 0.2) is 0 Å². The van der Waals surface area contributed by atoms with E-state index in [9.17, 15) is 8.42 Å². The summed E-state index contributed by atoms with van der Waals surface area (Å²) in [5.74, 6) is 0.736. The van der Waals surface area contributed by atoms with Crippen LogP contribution >= 0.6 is 0 Å². The maximum absolute atomic E-state index is 13.5. The van der Waals surface area contributed by atoms with Crippen LogP contribution in [0.15, 0.2) is 64.4 Å². The number of rotatable bonds is 11. The van der Waals surface area contributed by atoms with Crippen LogP contribution in [-0.2, 0) is 14.6 Å². The zero-order valence-electron chi connectivity index (χ0n) is 19.5. The number of hydrogen-bond donors (Lipinski definition) is 0. The standard InChI is InChI=1S/C27H36O4S/c1-4-5-6-7-8-9-10-24-17-20-26(32(28,29)25-18-11-21(2)12-19-25)27(31-24)22-13-15-23(30-3)16-14-22/h11-16,18-20,24,27H,4-10,17H2,1-3H3/t24-,27+/m0/s1. The highest BCUT2D eigenvalue weighted by molar-refractivity contribution is 7.95. The summed E-state index contributed by atoms with van der Waals surface area (Å²) in [6.07, 6.45) is 10.3. The lowest BCUT2D eigenvalue weighted by molar-refractivity contribution is -0.00373. The van der Waals surface area contributed by atoms with E-state index in [2.05, 4.69) is 6.92 Å². The predicted molar refractivity (Wildman–Crippen MR) is 130 cm³/mol. The van der Waals surface area contributed by atoms with Crippen molar-refractivity contribution in [3.8, 4) is 5.75 Å². The number of hydrogen-bond acceptors (Lipinski definition) is 4. The van der Waals surface area contributed by atoms with Gasteiger partial charge in [-0.25, -0.2) is 8.42 Å². The van der Waals surface area contributed by atoms with Gasteiger partial charge in [-0.2, -0.15) is 0 Å². The third-order valence-corrected chi connectivity index (χ3v) is 8.00. The molecule has 2 aromatic rings. The van der Waals surface area contributed by atoms with Crippen LogP contribution in [0.1, 0.15) is 75.5 Å². The van der Waals surface area contributed by atoms with Crippen LogP contribution in [0.2, 0.25) is 0 Å². The molecule has 0 saturated carbocycles. The van der Waals surface area contributed by atoms with Gasteiger partial charge in [0.2, 0.25) is 9.84 Å². The molecule has 32 heavy (non-hydrogen) atoms. The number of sulfone groups is 1. The van der Waals surface area contributed by atoms with Crippen LogP contribution in [0.3, 0.4) is 0 Å². The average molecular weight is 457 g/mol. The van der Waals surface area contributed by atoms with E-state index in [1.807, 2.05) is 49.4 Å². The Bertz CT molecular complexity index is 975. The van der Waals surface area contributed by atoms with Gasteiger partial charge in [0, 0.05) is 0 Å². The monoisotopic (exact) mass is 456 g/mol. The summed E-state index contributed by atoms with van der Waals surface area (Å²) in [4.78, 5) is 0.650. The van der Waals surface area contributed by atoms with Crippen LogP contribution in [-0.4, -0.2) is 21.6 Å². The minimum absolute atomic E-state index is 0.0326. The Morgan fingerprint density at radius 2 is 1.59 bits per heavy atom. The van der Waals surface area contributed by atoms with E-state index in [1.165, 1.54) is 32.1 Å². The Kier molecular flexibility index (Phi) is 8.94. The highest BCUT2D eigenvalue weighted by Gasteiger charge is 2.34. The summed E-state index contributed by atoms with van der Waals surface area (Å²) in [5.41, 5.74) is 1.86. The summed E-state index contributed by atoms with van der Waals surface area (Å²) in [6, 6.07) is 14.5. The minimum Gasteiger partial charge on any atom is -0.497 e. The number of benzene rings is 2. The molecule has 1 heterocycles. The number of ether oxygens (including phenoxy) is 2. The molecule has 1 aliphatic rings. The maximum Gasteiger partial charge on any atom is 0.205 e. The smallest absolute Gasteiger partial charge is 0.205 e. The zero-order chi connectivity index (χ0) is 23.0. The number of unbranched alkanes of at least 4 members (excludes halogenated alkanes) is 5. The van der Waals surface area contributed by atoms with Crippen molar-refractivity contribution in [2.45, 2.75) is 82.3 Å². The van der Waals surface area contributed by atoms with Gasteiger partial charge in [0.25, 0.3) is 0 Å². The lowest BCUT2D eigenvalue weighted by Gasteiger charge is -2.31. The molecule has 0 unspecified atom stereocenters. The molecule has 2 atom stereocenters. The molecule has 0 aliphatic carbocycles. The van der Waals surface area contributed by atoms with Crippen LogP contribution in [0, 0.1) is 6.92 Å². The molecule has 2 aromatic carbocycles. The summed E-state index contributed by atoms with van der Waals surface area (Å²) >= 11 is 0. The molecule has 3 rings (SSSR count). The molecule has 5 heteroatoms. The van der Waals surface area contributed by atoms with E-state index in [-0.39, 0.29) is 6.10 Å². The topological polar surface area (TPSA) is 52.6 Å². The molecule has 0 aromatic heterocycles. The second-order valence-electron chi connectivity index (χ2n) is 8.63. The Morgan fingerprint density at radius 3 is 2.25 bits per heavy atom. The molecule has 0 saturated heterocycles. The van der Waals surface area contributed by atoms with Crippen molar-refractivity contribution in [2.24, 2.45) is 0 Å². The first-order chi connectivity index (χ1) is 15.5. The van der Waals surface area contributed by atoms with E-state index in [0.717, 1.165) is 29.7 Å². The second kappa shape index (κ2) is 11.7. The van der Waals surface area contributed by atoms with E-state index in [0.29, 0.717) is 16.2 Å². The molecule has 174 valence electrons. The van der Waals surface area contributed by atoms with Crippen LogP contribution in [0.4, 0.5) is 0 Å². The van der Waals surface area contributed by atoms with Crippen LogP contribution < -0.4 is 4.74 Å². The first-order valence-corrected chi connectivity index (χ1v) is 13.2. The van der Waals surface area contributed by atoms with E-state index in [1.54, 1.807) is 19.2 Å². The Hall–Kier alpha value is -2.11. The SMILES string of the molecule is CCCCCCCC[C@H]1CC=C(S(=O)(=O)c2ccc(C)cc2)[C@@H](c2ccc(OC)cc2)O1. The van der Waals surface area contributed by atoms with Crippen molar-refractivity contribution in [3.63, 3.8) is 0 Å². The van der Waals surface area contributed by atoms with E-state index < -0.39 is 15.9 Å². The first-order valence-electron chi connectivity index (χ1n) is 11.8. The lowest BCUT2D eigenvalue weighted by atomic mass is 10.0. The molecule has 0 amide bonds. The predicted octanol–water partition coefficient (Wildman–Crippen LogP) is 6.94. The molecular weight excluding hydrogens is 420 g/mol. The van der Waals surface area contributed by atoms with Crippen molar-refractivity contribution < 1.29 is 17.9 Å². The summed E-state index contributed by atoms with van der Waals surface area (Å²) in [7, 11) is -2.02. The van der Waals surface area contributed by atoms with Gasteiger partial charge in [-0.1, -0.05) is 81.4 Å². The van der Waals surface area contributed by atoms with Gasteiger partial charge in [0.1, 0.15) is 11.9 Å². The number of aryl methyl sites for hydroxylation is 1. The number of methoxy groups -OCH3 is 1. The lowest BCUT2D eigenvalue weighted by Crippen LogP contribution is -2.26. The molecule has 1 aliphatic heterocycles. The zero-order valence-corrected chi connectivity index (χ0v) is 20.4. The van der Waals surface area contributed by atoms with Crippen LogP contribution in [0.5, 0.6) is 5.75 Å². The molecule has 0 bridgehead atoms. The Balaban J connectivity index is 1.81. The van der Waals surface area contributed by atoms with Gasteiger partial charge in [-0.3, -0.25) is 0 Å². The molecule has 0 radical (unpaired) electrons. The van der Waals surface area contributed by atoms with Gasteiger partial charge < -0.3 is 9.47 Å². The molecular formula is C27H36O4S. The quantitative estimate of drug-likeness (QED) is 0.344. The molecule has 0 N–H and O–H groups in total. The fourth-order valence-corrected chi connectivity index (χ4v) is 5.69. The Labute approximate surface area is 193 Å². The van der Waals surface area contributed by atoms with Crippen molar-refractivity contribution in [1.82, 2.24) is 0 Å². The second-order valence-corrected chi connectivity index (χ2v) is 10.6. The van der Waals surface area contributed by atoms with Gasteiger partial charge in [-0.05, 0) is 49.6 Å². The highest BCUT2D eigenvalue weighted by Crippen LogP contribution is 2.39. The Morgan fingerprint density at radius 1 is 0.938 bits per heavy atom. The van der Waals surface area contributed by atoms with Crippen LogP contribution in [0.25, 0.3) is 0 Å². The highest BCUT2D eigenvalue weighted by atomic mass is 32.2. The van der Waals surface area contributed by atoms with E-state index >= 15 is 0 Å². The van der Waals surface area contributed by atoms with Crippen molar-refractivity contribution in [2.75, 3.05) is 7.11 Å². The summed E-state index contributed by atoms with van der Waals surface area (Å²) < 4.78 is 38.7. The van der Waals surface area contributed by atoms with Crippen molar-refractivity contribution in [3.05, 3.63) is 70.6 Å². The van der Waals surface area contributed by atoms with Crippen molar-refractivity contribution >= 4 is 9.84 Å². The fourth-order valence-electron chi connectivity index (χ4n) is 4.13. The third-order valence-electron chi connectivity index (χ3n) is 6.11. The third kappa shape index (κ3) is 6.23. The first kappa shape index (κ1) is 24.5. The van der Waals surface area contributed by atoms with E-state index in [4.69, 9.17) is 9.47 Å². The fraction of sp³-hybridized carbons (Fsp3) is 0.481. The molecule has 4 nitrogen and oxygen atoms in total. The largest absolute Gasteiger partial charge is 0.497 e. The van der Waals surface area contributed by atoms with Gasteiger partial charge >= 0.3 is 0 Å². The van der Waals surface area contributed by atoms with Crippen molar-refractivity contribution in [1.29, 1.82) is 0 Å².